The van der Waals surface area contributed by atoms with E-state index in [2.05, 4.69) is 46.0 Å². The molecule has 0 radical (unpaired) electrons. The van der Waals surface area contributed by atoms with Gasteiger partial charge in [-0.25, -0.2) is 4.98 Å². The summed E-state index contributed by atoms with van der Waals surface area (Å²) in [6.07, 6.45) is 3.91. The lowest BCUT2D eigenvalue weighted by Gasteiger charge is -2.09. The molecule has 0 saturated heterocycles. The summed E-state index contributed by atoms with van der Waals surface area (Å²) in [7, 11) is 0. The maximum Gasteiger partial charge on any atom is 0.142 e. The first-order valence-electron chi connectivity index (χ1n) is 9.51. The number of anilines is 1. The average molecular weight is 386 g/mol. The Balaban J connectivity index is 1.96. The molecular weight excluding hydrogens is 364 g/mol. The van der Waals surface area contributed by atoms with Crippen LogP contribution < -0.4 is 5.73 Å². The molecule has 0 unspecified atom stereocenters. The molecule has 0 aliphatic carbocycles. The second kappa shape index (κ2) is 7.41. The number of hydrogen-bond donors (Lipinski definition) is 2. The van der Waals surface area contributed by atoms with Crippen LogP contribution in [0.2, 0.25) is 0 Å². The van der Waals surface area contributed by atoms with Gasteiger partial charge in [0.25, 0.3) is 0 Å². The number of aliphatic hydroxyl groups is 1. The summed E-state index contributed by atoms with van der Waals surface area (Å²) in [6.45, 7) is 5.20. The van der Waals surface area contributed by atoms with E-state index < -0.39 is 0 Å². The molecule has 1 aromatic carbocycles. The van der Waals surface area contributed by atoms with Gasteiger partial charge in [-0.1, -0.05) is 18.2 Å². The van der Waals surface area contributed by atoms with Gasteiger partial charge in [0.05, 0.1) is 24.5 Å². The molecule has 7 nitrogen and oxygen atoms in total. The van der Waals surface area contributed by atoms with Crippen LogP contribution in [0.5, 0.6) is 0 Å². The molecule has 3 aromatic heterocycles. The van der Waals surface area contributed by atoms with Crippen molar-refractivity contribution in [2.45, 2.75) is 26.9 Å². The van der Waals surface area contributed by atoms with Crippen LogP contribution in [0.15, 0.2) is 42.7 Å². The number of rotatable bonds is 5. The molecule has 0 atom stereocenters. The molecule has 0 bridgehead atoms. The Morgan fingerprint density at radius 2 is 1.97 bits per heavy atom. The van der Waals surface area contributed by atoms with Crippen LogP contribution in [0.25, 0.3) is 33.3 Å². The van der Waals surface area contributed by atoms with Crippen LogP contribution in [0.4, 0.5) is 5.82 Å². The third-order valence-electron chi connectivity index (χ3n) is 5.13. The van der Waals surface area contributed by atoms with Crippen LogP contribution in [0, 0.1) is 18.3 Å². The first kappa shape index (κ1) is 18.7. The van der Waals surface area contributed by atoms with E-state index in [9.17, 15) is 10.4 Å². The lowest BCUT2D eigenvalue weighted by molar-refractivity contribution is 0.269. The number of nitrogen functional groups attached to an aromatic ring is 1. The Hall–Kier alpha value is -3.63. The Bertz CT molecular complexity index is 1240. The van der Waals surface area contributed by atoms with Crippen molar-refractivity contribution >= 4 is 16.7 Å². The quantitative estimate of drug-likeness (QED) is 0.547. The van der Waals surface area contributed by atoms with E-state index >= 15 is 0 Å². The number of nitriles is 1. The summed E-state index contributed by atoms with van der Waals surface area (Å²) < 4.78 is 3.84. The van der Waals surface area contributed by atoms with Crippen LogP contribution >= 0.6 is 0 Å². The molecule has 3 N–H and O–H groups in total. The second-order valence-corrected chi connectivity index (χ2v) is 6.89. The average Bonchev–Trinajstić information content (AvgIpc) is 3.28. The molecule has 146 valence electrons. The van der Waals surface area contributed by atoms with Gasteiger partial charge in [-0.15, -0.1) is 0 Å². The van der Waals surface area contributed by atoms with E-state index in [1.807, 2.05) is 31.3 Å². The standard InChI is InChI=1S/C22H22N6O/c1-3-27-12-19(15-6-4-5-7-21(15)27)20-10-16(17(11-23)22(24)25-20)18-13-28(8-9-29)26-14(18)2/h4-7,10,12-13,29H,3,8-9H2,1-2H3,(H2,24,25). The zero-order valence-electron chi connectivity index (χ0n) is 16.4. The molecule has 0 aliphatic heterocycles. The van der Waals surface area contributed by atoms with Gasteiger partial charge in [0, 0.05) is 46.5 Å². The Morgan fingerprint density at radius 3 is 2.69 bits per heavy atom. The number of aromatic nitrogens is 4. The lowest BCUT2D eigenvalue weighted by atomic mass is 9.99. The van der Waals surface area contributed by atoms with Crippen LogP contribution in [-0.4, -0.2) is 31.0 Å². The van der Waals surface area contributed by atoms with Gasteiger partial charge in [0.1, 0.15) is 17.5 Å². The molecule has 0 amide bonds. The summed E-state index contributed by atoms with van der Waals surface area (Å²) in [5.74, 6) is 0.197. The van der Waals surface area contributed by atoms with Gasteiger partial charge in [-0.3, -0.25) is 4.68 Å². The van der Waals surface area contributed by atoms with E-state index in [0.717, 1.165) is 34.3 Å². The van der Waals surface area contributed by atoms with Crippen molar-refractivity contribution in [1.29, 1.82) is 5.26 Å². The molecule has 29 heavy (non-hydrogen) atoms. The number of pyridine rings is 1. The third-order valence-corrected chi connectivity index (χ3v) is 5.13. The number of nitrogens with zero attached hydrogens (tertiary/aromatic N) is 5. The Kier molecular flexibility index (Phi) is 4.79. The first-order valence-corrected chi connectivity index (χ1v) is 9.51. The highest BCUT2D eigenvalue weighted by atomic mass is 16.3. The van der Waals surface area contributed by atoms with Gasteiger partial charge in [0.15, 0.2) is 0 Å². The lowest BCUT2D eigenvalue weighted by Crippen LogP contribution is -2.02. The van der Waals surface area contributed by atoms with Crippen LogP contribution in [0.1, 0.15) is 18.2 Å². The predicted molar refractivity (Wildman–Crippen MR) is 113 cm³/mol. The highest BCUT2D eigenvalue weighted by Crippen LogP contribution is 2.36. The highest BCUT2D eigenvalue weighted by Gasteiger charge is 2.19. The monoisotopic (exact) mass is 386 g/mol. The van der Waals surface area contributed by atoms with Gasteiger partial charge < -0.3 is 15.4 Å². The zero-order chi connectivity index (χ0) is 20.5. The predicted octanol–water partition coefficient (Wildman–Crippen LogP) is 3.34. The van der Waals surface area contributed by atoms with Gasteiger partial charge in [0.2, 0.25) is 0 Å². The van der Waals surface area contributed by atoms with Gasteiger partial charge in [-0.05, 0) is 26.0 Å². The number of fused-ring (bicyclic) bond motifs is 1. The fourth-order valence-corrected chi connectivity index (χ4v) is 3.74. The summed E-state index contributed by atoms with van der Waals surface area (Å²) in [6, 6.07) is 12.3. The fourth-order valence-electron chi connectivity index (χ4n) is 3.74. The summed E-state index contributed by atoms with van der Waals surface area (Å²) in [4.78, 5) is 4.55. The van der Waals surface area contributed by atoms with Crippen molar-refractivity contribution in [3.63, 3.8) is 0 Å². The number of hydrogen-bond acceptors (Lipinski definition) is 5. The largest absolute Gasteiger partial charge is 0.394 e. The smallest absolute Gasteiger partial charge is 0.142 e. The number of aliphatic hydroxyl groups excluding tert-OH is 1. The van der Waals surface area contributed by atoms with Crippen molar-refractivity contribution < 1.29 is 5.11 Å². The minimum Gasteiger partial charge on any atom is -0.394 e. The van der Waals surface area contributed by atoms with Crippen molar-refractivity contribution in [3.8, 4) is 28.5 Å². The topological polar surface area (TPSA) is 106 Å². The number of para-hydroxylation sites is 1. The fraction of sp³-hybridized carbons (Fsp3) is 0.227. The third kappa shape index (κ3) is 3.13. The summed E-state index contributed by atoms with van der Waals surface area (Å²) >= 11 is 0. The first-order chi connectivity index (χ1) is 14.1. The molecule has 3 heterocycles. The molecule has 0 saturated carbocycles. The number of nitrogens with two attached hydrogens (primary N) is 1. The molecule has 0 fully saturated rings. The minimum atomic E-state index is -0.00801. The van der Waals surface area contributed by atoms with E-state index in [0.29, 0.717) is 23.4 Å². The van der Waals surface area contributed by atoms with E-state index in [4.69, 9.17) is 5.73 Å². The number of aryl methyl sites for hydroxylation is 2. The molecule has 4 rings (SSSR count). The summed E-state index contributed by atoms with van der Waals surface area (Å²) in [5.41, 5.74) is 11.6. The minimum absolute atomic E-state index is 0.00801. The zero-order valence-corrected chi connectivity index (χ0v) is 16.4. The SMILES string of the molecule is CCn1cc(-c2cc(-c3cn(CCO)nc3C)c(C#N)c(N)n2)c2ccccc21. The van der Waals surface area contributed by atoms with E-state index in [1.54, 1.807) is 4.68 Å². The molecular formula is C22H22N6O. The van der Waals surface area contributed by atoms with Gasteiger partial charge >= 0.3 is 0 Å². The summed E-state index contributed by atoms with van der Waals surface area (Å²) in [5, 5.41) is 24.4. The molecule has 4 aromatic rings. The Morgan fingerprint density at radius 1 is 1.17 bits per heavy atom. The second-order valence-electron chi connectivity index (χ2n) is 6.89. The highest BCUT2D eigenvalue weighted by molar-refractivity contribution is 5.96. The maximum absolute atomic E-state index is 9.70. The normalized spacial score (nSPS) is 11.1. The van der Waals surface area contributed by atoms with Crippen molar-refractivity contribution in [1.82, 2.24) is 19.3 Å². The van der Waals surface area contributed by atoms with E-state index in [-0.39, 0.29) is 12.4 Å². The Labute approximate surface area is 168 Å². The van der Waals surface area contributed by atoms with Gasteiger partial charge in [-0.2, -0.15) is 10.4 Å². The number of benzene rings is 1. The van der Waals surface area contributed by atoms with Crippen LogP contribution in [0.3, 0.4) is 0 Å². The van der Waals surface area contributed by atoms with Crippen LogP contribution in [-0.2, 0) is 13.1 Å². The molecule has 7 heteroatoms. The van der Waals surface area contributed by atoms with Crippen molar-refractivity contribution in [3.05, 3.63) is 54.0 Å². The van der Waals surface area contributed by atoms with Crippen molar-refractivity contribution in [2.24, 2.45) is 0 Å². The van der Waals surface area contributed by atoms with Crippen molar-refractivity contribution in [2.75, 3.05) is 12.3 Å². The molecule has 0 aliphatic rings. The van der Waals surface area contributed by atoms with E-state index in [1.165, 1.54) is 0 Å². The maximum atomic E-state index is 9.70. The molecule has 0 spiro atoms.